The largest absolute Gasteiger partial charge is 0.508 e. The van der Waals surface area contributed by atoms with Crippen molar-refractivity contribution in [3.8, 4) is 51.8 Å². The summed E-state index contributed by atoms with van der Waals surface area (Å²) in [5.41, 5.74) is 8.40. The minimum absolute atomic E-state index is 0.00753. The van der Waals surface area contributed by atoms with E-state index >= 15 is 9.59 Å². The number of aliphatic hydroxyl groups is 5. The molecule has 5 fully saturated rings. The number of phenolic OH excluding ortho intramolecular Hbond substituents is 3. The predicted molar refractivity (Wildman–Crippen MR) is 355 cm³/mol. The first-order valence-electron chi connectivity index (χ1n) is 34.5. The smallest absolute Gasteiger partial charge is 0.318 e. The number of aromatic nitrogens is 3. The molecule has 18 nitrogen and oxygen atoms in total. The number of aliphatic hydroxyl groups excluding tert-OH is 5. The number of nitrogens with zero attached hydrogens (tertiary/aromatic N) is 1. The van der Waals surface area contributed by atoms with Crippen LogP contribution in [0.2, 0.25) is 0 Å². The third kappa shape index (κ3) is 10.7. The zero-order chi connectivity index (χ0) is 65.6. The topological polar surface area (TPSA) is 289 Å². The maximum atomic E-state index is 15.8. The Kier molecular flexibility index (Phi) is 16.8. The highest BCUT2D eigenvalue weighted by atomic mass is 16.6. The molecule has 0 unspecified atom stereocenters. The number of aromatic amines is 2. The van der Waals surface area contributed by atoms with Gasteiger partial charge in [0.1, 0.15) is 37.0 Å². The first kappa shape index (κ1) is 63.2. The number of carbonyl (C=O) groups is 3. The average molecular weight is 1290 g/mol. The van der Waals surface area contributed by atoms with Gasteiger partial charge in [0.05, 0.1) is 60.5 Å². The monoisotopic (exact) mass is 1290 g/mol. The van der Waals surface area contributed by atoms with E-state index < -0.39 is 53.2 Å². The Balaban J connectivity index is 0.938. The number of H-pyrrole nitrogens is 2. The Morgan fingerprint density at radius 2 is 1.71 bits per heavy atom. The van der Waals surface area contributed by atoms with Crippen molar-refractivity contribution in [1.82, 2.24) is 19.9 Å². The molecule has 15 rings (SSSR count). The number of nitrogens with one attached hydrogen (secondary N) is 3. The lowest BCUT2D eigenvalue weighted by Gasteiger charge is -2.61. The van der Waals surface area contributed by atoms with Crippen LogP contribution in [0.25, 0.3) is 38.8 Å². The number of fused-ring (bicyclic) bond motifs is 19. The van der Waals surface area contributed by atoms with Crippen molar-refractivity contribution < 1.29 is 69.4 Å². The number of aromatic hydroxyl groups is 3. The summed E-state index contributed by atoms with van der Waals surface area (Å²) >= 11 is 0. The lowest BCUT2D eigenvalue weighted by Crippen LogP contribution is -2.70. The summed E-state index contributed by atoms with van der Waals surface area (Å²) in [7, 11) is 1.50. The number of carbonyl (C=O) groups excluding carboxylic acids is 3. The summed E-state index contributed by atoms with van der Waals surface area (Å²) in [5.74, 6) is 2.72. The molecule has 0 amide bonds. The highest BCUT2D eigenvalue weighted by molar-refractivity contribution is 5.95. The number of hydrogen-bond donors (Lipinski definition) is 11. The Labute approximate surface area is 551 Å². The minimum Gasteiger partial charge on any atom is -0.508 e. The number of allylic oxidation sites excluding steroid dienone is 1. The number of aldehydes is 1. The van der Waals surface area contributed by atoms with Crippen molar-refractivity contribution >= 4 is 45.5 Å². The van der Waals surface area contributed by atoms with E-state index in [1.807, 2.05) is 48.7 Å². The Morgan fingerprint density at radius 3 is 2.54 bits per heavy atom. The lowest BCUT2D eigenvalue weighted by atomic mass is 9.45. The fourth-order valence-corrected chi connectivity index (χ4v) is 20.8. The molecule has 11 N–H and O–H groups in total. The molecule has 4 saturated carbocycles. The summed E-state index contributed by atoms with van der Waals surface area (Å²) in [6.45, 7) is -0.484. The van der Waals surface area contributed by atoms with Crippen LogP contribution in [0.1, 0.15) is 135 Å². The van der Waals surface area contributed by atoms with E-state index in [0.29, 0.717) is 62.5 Å². The maximum absolute atomic E-state index is 15.8. The third-order valence-corrected chi connectivity index (χ3v) is 24.2. The van der Waals surface area contributed by atoms with Crippen LogP contribution >= 0.6 is 0 Å². The highest BCUT2D eigenvalue weighted by Crippen LogP contribution is 2.73. The highest BCUT2D eigenvalue weighted by Gasteiger charge is 2.72. The van der Waals surface area contributed by atoms with Crippen molar-refractivity contribution in [2.75, 3.05) is 26.9 Å². The van der Waals surface area contributed by atoms with Gasteiger partial charge in [0.15, 0.2) is 23.0 Å². The van der Waals surface area contributed by atoms with E-state index in [1.165, 1.54) is 25.5 Å². The van der Waals surface area contributed by atoms with Crippen molar-refractivity contribution in [3.63, 3.8) is 0 Å². The number of cyclic esters (lactones) is 1. The van der Waals surface area contributed by atoms with Gasteiger partial charge in [-0.1, -0.05) is 54.7 Å². The molecule has 1 saturated heterocycles. The van der Waals surface area contributed by atoms with Crippen LogP contribution in [-0.2, 0) is 38.4 Å². The van der Waals surface area contributed by atoms with E-state index in [1.54, 1.807) is 18.2 Å². The van der Waals surface area contributed by atoms with Crippen molar-refractivity contribution in [1.29, 1.82) is 0 Å². The van der Waals surface area contributed by atoms with Crippen LogP contribution in [0, 0.1) is 64.6 Å². The van der Waals surface area contributed by atoms with E-state index in [9.17, 15) is 45.6 Å². The number of para-hydroxylation sites is 1. The van der Waals surface area contributed by atoms with Gasteiger partial charge in [-0.2, -0.15) is 0 Å². The third-order valence-electron chi connectivity index (χ3n) is 24.2. The molecule has 8 aliphatic rings. The van der Waals surface area contributed by atoms with Crippen molar-refractivity contribution in [2.24, 2.45) is 52.8 Å². The van der Waals surface area contributed by atoms with Gasteiger partial charge in [-0.05, 0) is 206 Å². The molecule has 17 atom stereocenters. The lowest BCUT2D eigenvalue weighted by molar-refractivity contribution is -0.155. The number of benzene rings is 4. The van der Waals surface area contributed by atoms with Crippen LogP contribution in [0.4, 0.5) is 0 Å². The number of Topliss-reactive ketones (excluding diaryl/α,β-unsaturated/α-hetero) is 1. The van der Waals surface area contributed by atoms with Gasteiger partial charge in [-0.15, -0.1) is 0 Å². The van der Waals surface area contributed by atoms with Crippen LogP contribution < -0.4 is 14.8 Å². The molecule has 4 aromatic carbocycles. The molecule has 6 heterocycles. The molecular formula is C77H86N4O14. The predicted octanol–water partition coefficient (Wildman–Crippen LogP) is 9.64. The van der Waals surface area contributed by atoms with Gasteiger partial charge in [-0.3, -0.25) is 9.59 Å². The Morgan fingerprint density at radius 1 is 0.853 bits per heavy atom. The fraction of sp³-hybridized carbons (Fsp3) is 0.494. The number of ketones is 1. The van der Waals surface area contributed by atoms with Crippen LogP contribution in [-0.4, -0.2) is 136 Å². The van der Waals surface area contributed by atoms with Crippen LogP contribution in [0.15, 0.2) is 97.2 Å². The van der Waals surface area contributed by atoms with Crippen molar-refractivity contribution in [3.05, 3.63) is 131 Å². The van der Waals surface area contributed by atoms with E-state index in [0.717, 1.165) is 86.8 Å². The van der Waals surface area contributed by atoms with Gasteiger partial charge < -0.3 is 79.7 Å². The molecule has 2 spiro atoms. The second kappa shape index (κ2) is 25.3. The molecule has 18 heteroatoms. The van der Waals surface area contributed by atoms with E-state index in [2.05, 4.69) is 49.9 Å². The van der Waals surface area contributed by atoms with Gasteiger partial charge in [0, 0.05) is 78.0 Å². The first-order chi connectivity index (χ1) is 46.1. The number of aryl methyl sites for hydroxylation is 1. The second-order valence-corrected chi connectivity index (χ2v) is 28.9. The number of methoxy groups -OCH3 is 1. The second-order valence-electron chi connectivity index (χ2n) is 28.9. The standard InChI is InChI=1S/C77H86N4O14/c1-93-68-36-54-53(35-67(68)91)56-30-43-38-76(40-77(57(11-7-25-82)59(76)39-84)75-50(49-10-6-13-65(89)74(49)80-77)20-17-42-16-18-44(85)31-52(42)63-37-61-62(81(63)75)23-24-78-61)58-33-45(86)19-21-51(58)72(43)55(54)32-46(87)34-70(66(90)28-41-15-22-64(88)69(29-41)94-27-26-83)95-71(92)14-5-3-9-48-47-8-2-4-12-60(47)79-73(48)56/h2,4,8,12,15-16,18,22-24,29-31,35-37,39,43,45,49-51,55,57-59,65-66,70,72,74-75,78-80,82-83,85-86,88-91H,6-7,9-11,13-14,17,19-21,25-28,32-34,38,40H2,1H3/t43-,45+,49+,50-,51+,55-,57+,58-,59+,65-,66+,70-,72-,74-,75+,76-,77+/m0/s1. The van der Waals surface area contributed by atoms with Gasteiger partial charge in [-0.25, -0.2) is 0 Å². The molecule has 95 heavy (non-hydrogen) atoms. The molecule has 3 aromatic heterocycles. The molecule has 5 aliphatic carbocycles. The average Bonchev–Trinajstić information content (AvgIpc) is 1.52. The van der Waals surface area contributed by atoms with Crippen molar-refractivity contribution in [2.45, 2.75) is 157 Å². The zero-order valence-electron chi connectivity index (χ0n) is 53.6. The summed E-state index contributed by atoms with van der Waals surface area (Å²) in [6.07, 6.45) is 7.88. The number of rotatable bonds is 11. The number of ether oxygens (including phenoxy) is 3. The quantitative estimate of drug-likeness (QED) is 0.0327. The maximum Gasteiger partial charge on any atom is 0.318 e. The van der Waals surface area contributed by atoms with E-state index in [-0.39, 0.29) is 140 Å². The Hall–Kier alpha value is -7.89. The molecular weight excluding hydrogens is 1200 g/mol. The minimum atomic E-state index is -1.42. The molecule has 7 aromatic rings. The number of esters is 1. The van der Waals surface area contributed by atoms with Gasteiger partial charge in [0.2, 0.25) is 0 Å². The van der Waals surface area contributed by atoms with E-state index in [4.69, 9.17) is 14.2 Å². The molecule has 0 radical (unpaired) electrons. The fourth-order valence-electron chi connectivity index (χ4n) is 20.8. The number of phenols is 3. The first-order valence-corrected chi connectivity index (χ1v) is 34.5. The SMILES string of the molecule is COc1cc2c(cc1O)C1=C[C@H]3C[C@]4(C[C@@]5(N[C@H]6[C@H](CCC[C@@H]6O)[C@@H]6CCc7ccc(O)cc7-c7cc8[nH]ccc8n7[C@H]65)[C@H](CCCO)[C@H]4C=O)[C@H]4C[C@H](O)CC[C@H]4[C@H]3[C@H]2CC(=O)C[C@@H]([C@H](O)Cc2ccc(O)c(OCCO)c2)OC(=O)CC#CCc2c1[nH]c1ccccc21. The van der Waals surface area contributed by atoms with Gasteiger partial charge >= 0.3 is 5.97 Å². The summed E-state index contributed by atoms with van der Waals surface area (Å²) in [4.78, 5) is 52.7. The molecule has 498 valence electrons. The van der Waals surface area contributed by atoms with Gasteiger partial charge in [0.25, 0.3) is 0 Å². The zero-order valence-corrected chi connectivity index (χ0v) is 53.6. The van der Waals surface area contributed by atoms with Crippen LogP contribution in [0.3, 0.4) is 0 Å². The molecule has 3 aliphatic heterocycles. The molecule has 2 bridgehead atoms. The Bertz CT molecular complexity index is 4210. The number of piperidine rings is 1. The normalized spacial score (nSPS) is 32.1. The summed E-state index contributed by atoms with van der Waals surface area (Å²) in [5, 5.41) is 97.3. The number of hydrogen-bond acceptors (Lipinski definition) is 15. The van der Waals surface area contributed by atoms with Crippen LogP contribution in [0.5, 0.6) is 28.7 Å². The summed E-state index contributed by atoms with van der Waals surface area (Å²) < 4.78 is 20.3. The summed E-state index contributed by atoms with van der Waals surface area (Å²) in [6, 6.07) is 25.6.